The van der Waals surface area contributed by atoms with E-state index in [2.05, 4.69) is 4.98 Å². The van der Waals surface area contributed by atoms with Crippen LogP contribution in [-0.2, 0) is 4.79 Å². The van der Waals surface area contributed by atoms with Crippen LogP contribution in [0.25, 0.3) is 5.65 Å². The summed E-state index contributed by atoms with van der Waals surface area (Å²) in [5.41, 5.74) is 2.39. The number of fused-ring (bicyclic) bond motifs is 1. The lowest BCUT2D eigenvalue weighted by atomic mass is 9.88. The summed E-state index contributed by atoms with van der Waals surface area (Å²) in [6, 6.07) is 3.97. The van der Waals surface area contributed by atoms with Crippen LogP contribution in [0.1, 0.15) is 48.2 Å². The van der Waals surface area contributed by atoms with Crippen molar-refractivity contribution in [1.29, 1.82) is 0 Å². The lowest BCUT2D eigenvalue weighted by Gasteiger charge is -2.36. The second-order valence-corrected chi connectivity index (χ2v) is 7.55. The number of aromatic nitrogens is 2. The van der Waals surface area contributed by atoms with E-state index >= 15 is 0 Å². The van der Waals surface area contributed by atoms with E-state index < -0.39 is 0 Å². The normalized spacial score (nSPS) is 19.1. The first-order valence-electron chi connectivity index (χ1n) is 9.65. The SMILES string of the molecule is Cc1ccn2cc(C(=O)N3CCN(C(=O)C4CCCCC4)CC3)nc2c1. The lowest BCUT2D eigenvalue weighted by molar-refractivity contribution is -0.138. The predicted molar refractivity (Wildman–Crippen MR) is 99.0 cm³/mol. The molecule has 0 radical (unpaired) electrons. The quantitative estimate of drug-likeness (QED) is 0.833. The van der Waals surface area contributed by atoms with E-state index in [-0.39, 0.29) is 11.8 Å². The molecule has 138 valence electrons. The molecule has 2 aromatic heterocycles. The molecule has 6 heteroatoms. The number of piperazine rings is 1. The molecule has 1 aliphatic heterocycles. The van der Waals surface area contributed by atoms with Gasteiger partial charge in [-0.15, -0.1) is 0 Å². The summed E-state index contributed by atoms with van der Waals surface area (Å²) in [6.45, 7) is 4.45. The maximum atomic E-state index is 12.8. The Kier molecular flexibility index (Phi) is 4.66. The molecule has 1 saturated heterocycles. The molecule has 2 aromatic rings. The minimum Gasteiger partial charge on any atom is -0.339 e. The highest BCUT2D eigenvalue weighted by Gasteiger charge is 2.30. The summed E-state index contributed by atoms with van der Waals surface area (Å²) in [4.78, 5) is 33.7. The van der Waals surface area contributed by atoms with Gasteiger partial charge in [0.25, 0.3) is 5.91 Å². The van der Waals surface area contributed by atoms with Gasteiger partial charge in [0, 0.05) is 44.5 Å². The number of hydrogen-bond donors (Lipinski definition) is 0. The number of aryl methyl sites for hydroxylation is 1. The molecule has 1 saturated carbocycles. The van der Waals surface area contributed by atoms with Crippen molar-refractivity contribution in [1.82, 2.24) is 19.2 Å². The van der Waals surface area contributed by atoms with E-state index in [0.29, 0.717) is 37.8 Å². The summed E-state index contributed by atoms with van der Waals surface area (Å²) < 4.78 is 1.88. The van der Waals surface area contributed by atoms with Crippen LogP contribution in [0.3, 0.4) is 0 Å². The molecule has 4 rings (SSSR count). The highest BCUT2D eigenvalue weighted by molar-refractivity contribution is 5.93. The van der Waals surface area contributed by atoms with Crippen LogP contribution in [-0.4, -0.2) is 57.2 Å². The maximum Gasteiger partial charge on any atom is 0.274 e. The molecular weight excluding hydrogens is 328 g/mol. The van der Waals surface area contributed by atoms with Crippen LogP contribution in [0, 0.1) is 12.8 Å². The predicted octanol–water partition coefficient (Wildman–Crippen LogP) is 2.51. The van der Waals surface area contributed by atoms with Crippen molar-refractivity contribution in [2.75, 3.05) is 26.2 Å². The molecule has 0 aromatic carbocycles. The fourth-order valence-corrected chi connectivity index (χ4v) is 4.09. The van der Waals surface area contributed by atoms with Crippen LogP contribution in [0.15, 0.2) is 24.5 Å². The third-order valence-electron chi connectivity index (χ3n) is 5.67. The Morgan fingerprint density at radius 1 is 1.04 bits per heavy atom. The van der Waals surface area contributed by atoms with Gasteiger partial charge in [-0.1, -0.05) is 19.3 Å². The van der Waals surface area contributed by atoms with Gasteiger partial charge in [0.15, 0.2) is 0 Å². The van der Waals surface area contributed by atoms with E-state index in [4.69, 9.17) is 0 Å². The van der Waals surface area contributed by atoms with Crippen molar-refractivity contribution < 1.29 is 9.59 Å². The third-order valence-corrected chi connectivity index (χ3v) is 5.67. The van der Waals surface area contributed by atoms with E-state index in [1.165, 1.54) is 19.3 Å². The van der Waals surface area contributed by atoms with Crippen molar-refractivity contribution in [3.63, 3.8) is 0 Å². The minimum atomic E-state index is -0.0453. The highest BCUT2D eigenvalue weighted by atomic mass is 16.2. The van der Waals surface area contributed by atoms with E-state index in [0.717, 1.165) is 24.1 Å². The maximum absolute atomic E-state index is 12.8. The summed E-state index contributed by atoms with van der Waals surface area (Å²) >= 11 is 0. The highest BCUT2D eigenvalue weighted by Crippen LogP contribution is 2.26. The molecule has 6 nitrogen and oxygen atoms in total. The minimum absolute atomic E-state index is 0.0453. The Hall–Kier alpha value is -2.37. The Morgan fingerprint density at radius 2 is 1.73 bits per heavy atom. The number of hydrogen-bond acceptors (Lipinski definition) is 3. The topological polar surface area (TPSA) is 57.9 Å². The zero-order valence-electron chi connectivity index (χ0n) is 15.4. The number of carbonyl (C=O) groups is 2. The van der Waals surface area contributed by atoms with E-state index in [9.17, 15) is 9.59 Å². The van der Waals surface area contributed by atoms with Gasteiger partial charge in [0.1, 0.15) is 11.3 Å². The van der Waals surface area contributed by atoms with Crippen LogP contribution in [0.4, 0.5) is 0 Å². The number of carbonyl (C=O) groups excluding carboxylic acids is 2. The van der Waals surface area contributed by atoms with Gasteiger partial charge in [0.05, 0.1) is 0 Å². The van der Waals surface area contributed by atoms with Gasteiger partial charge in [-0.25, -0.2) is 4.98 Å². The van der Waals surface area contributed by atoms with Gasteiger partial charge in [-0.05, 0) is 37.5 Å². The second-order valence-electron chi connectivity index (χ2n) is 7.55. The lowest BCUT2D eigenvalue weighted by Crippen LogP contribution is -2.52. The van der Waals surface area contributed by atoms with Crippen molar-refractivity contribution in [2.24, 2.45) is 5.92 Å². The van der Waals surface area contributed by atoms with Gasteiger partial charge >= 0.3 is 0 Å². The molecule has 0 bridgehead atoms. The first-order chi connectivity index (χ1) is 12.6. The largest absolute Gasteiger partial charge is 0.339 e. The van der Waals surface area contributed by atoms with E-state index in [1.54, 1.807) is 6.20 Å². The van der Waals surface area contributed by atoms with Gasteiger partial charge < -0.3 is 14.2 Å². The Morgan fingerprint density at radius 3 is 2.46 bits per heavy atom. The van der Waals surface area contributed by atoms with Crippen molar-refractivity contribution in [3.05, 3.63) is 35.8 Å². The second kappa shape index (κ2) is 7.09. The molecular formula is C20H26N4O2. The molecule has 1 aliphatic carbocycles. The van der Waals surface area contributed by atoms with Crippen molar-refractivity contribution in [2.45, 2.75) is 39.0 Å². The van der Waals surface area contributed by atoms with Crippen LogP contribution in [0.5, 0.6) is 0 Å². The monoisotopic (exact) mass is 354 g/mol. The molecule has 26 heavy (non-hydrogen) atoms. The molecule has 3 heterocycles. The molecule has 0 unspecified atom stereocenters. The smallest absolute Gasteiger partial charge is 0.274 e. The Labute approximate surface area is 153 Å². The molecule has 0 N–H and O–H groups in total. The van der Waals surface area contributed by atoms with Gasteiger partial charge in [0.2, 0.25) is 5.91 Å². The summed E-state index contributed by atoms with van der Waals surface area (Å²) in [6.07, 6.45) is 9.36. The number of nitrogens with zero attached hydrogens (tertiary/aromatic N) is 4. The standard InChI is InChI=1S/C20H26N4O2/c1-15-7-8-24-14-17(21-18(24)13-15)20(26)23-11-9-22(10-12-23)19(25)16-5-3-2-4-6-16/h7-8,13-14,16H,2-6,9-12H2,1H3. The van der Waals surface area contributed by atoms with Crippen molar-refractivity contribution >= 4 is 17.5 Å². The average Bonchev–Trinajstić information content (AvgIpc) is 3.11. The van der Waals surface area contributed by atoms with Crippen LogP contribution in [0.2, 0.25) is 0 Å². The summed E-state index contributed by atoms with van der Waals surface area (Å²) in [5, 5.41) is 0. The van der Waals surface area contributed by atoms with Crippen LogP contribution >= 0.6 is 0 Å². The molecule has 2 amide bonds. The van der Waals surface area contributed by atoms with Crippen LogP contribution < -0.4 is 0 Å². The number of amides is 2. The first kappa shape index (κ1) is 17.1. The van der Waals surface area contributed by atoms with Gasteiger partial charge in [-0.3, -0.25) is 9.59 Å². The molecule has 0 atom stereocenters. The zero-order valence-corrected chi connectivity index (χ0v) is 15.4. The first-order valence-corrected chi connectivity index (χ1v) is 9.65. The number of pyridine rings is 1. The van der Waals surface area contributed by atoms with Gasteiger partial charge in [-0.2, -0.15) is 0 Å². The fraction of sp³-hybridized carbons (Fsp3) is 0.550. The molecule has 0 spiro atoms. The fourth-order valence-electron chi connectivity index (χ4n) is 4.09. The Bertz CT molecular complexity index is 814. The number of imidazole rings is 1. The summed E-state index contributed by atoms with van der Waals surface area (Å²) in [5.74, 6) is 0.448. The van der Waals surface area contributed by atoms with Crippen molar-refractivity contribution in [3.8, 4) is 0 Å². The number of rotatable bonds is 2. The van der Waals surface area contributed by atoms with E-state index in [1.807, 2.05) is 39.5 Å². The average molecular weight is 354 g/mol. The third kappa shape index (κ3) is 3.32. The molecule has 2 fully saturated rings. The zero-order chi connectivity index (χ0) is 18.1. The summed E-state index contributed by atoms with van der Waals surface area (Å²) in [7, 11) is 0. The Balaban J connectivity index is 1.38. The molecule has 2 aliphatic rings.